The average Bonchev–Trinajstić information content (AvgIpc) is 3.01. The van der Waals surface area contributed by atoms with E-state index >= 15 is 0 Å². The summed E-state index contributed by atoms with van der Waals surface area (Å²) in [5.41, 5.74) is 6.31. The molecule has 216 valence electrons. The quantitative estimate of drug-likeness (QED) is 0.188. The zero-order valence-corrected chi connectivity index (χ0v) is 24.2. The molecular weight excluding hydrogens is 524 g/mol. The Labute approximate surface area is 248 Å². The van der Waals surface area contributed by atoms with E-state index in [0.29, 0.717) is 36.7 Å². The molecule has 0 aromatic heterocycles. The van der Waals surface area contributed by atoms with Gasteiger partial charge in [0.05, 0.1) is 18.8 Å². The Hall–Kier alpha value is -4.39. The van der Waals surface area contributed by atoms with Crippen LogP contribution in [0.3, 0.4) is 0 Å². The second kappa shape index (κ2) is 14.5. The maximum atomic E-state index is 13.7. The Morgan fingerprint density at radius 3 is 2.00 bits per heavy atom. The van der Waals surface area contributed by atoms with Gasteiger partial charge < -0.3 is 19.5 Å². The zero-order valence-electron chi connectivity index (χ0n) is 24.2. The molecule has 6 nitrogen and oxygen atoms in total. The number of morpholine rings is 1. The van der Waals surface area contributed by atoms with Gasteiger partial charge in [0.15, 0.2) is 0 Å². The van der Waals surface area contributed by atoms with Crippen molar-refractivity contribution in [2.75, 3.05) is 31.6 Å². The van der Waals surface area contributed by atoms with Gasteiger partial charge in [-0.15, -0.1) is 0 Å². The van der Waals surface area contributed by atoms with Gasteiger partial charge in [0.1, 0.15) is 24.7 Å². The Morgan fingerprint density at radius 2 is 1.40 bits per heavy atom. The molecule has 5 rings (SSSR count). The SMILES string of the molecule is C=C(C)Cc1cc(C(=O)Nc2ccc(CN3CCOCC3)cc2)c(OCc2ccccc2)cc1OCc1ccccc1. The van der Waals surface area contributed by atoms with Gasteiger partial charge in [-0.25, -0.2) is 0 Å². The number of carbonyl (C=O) groups excluding carboxylic acids is 1. The summed E-state index contributed by atoms with van der Waals surface area (Å²) in [6.07, 6.45) is 0.583. The Kier molecular flexibility index (Phi) is 10.0. The minimum atomic E-state index is -0.239. The molecule has 0 spiro atoms. The molecule has 6 heteroatoms. The van der Waals surface area contributed by atoms with Crippen molar-refractivity contribution in [1.29, 1.82) is 0 Å². The van der Waals surface area contributed by atoms with Crippen molar-refractivity contribution in [2.24, 2.45) is 0 Å². The van der Waals surface area contributed by atoms with E-state index < -0.39 is 0 Å². The third-order valence-electron chi connectivity index (χ3n) is 7.10. The van der Waals surface area contributed by atoms with Crippen LogP contribution >= 0.6 is 0 Å². The molecule has 0 aliphatic carbocycles. The first-order valence-electron chi connectivity index (χ1n) is 14.4. The predicted octanol–water partition coefficient (Wildman–Crippen LogP) is 7.05. The lowest BCUT2D eigenvalue weighted by Crippen LogP contribution is -2.35. The molecule has 1 saturated heterocycles. The van der Waals surface area contributed by atoms with Crippen molar-refractivity contribution < 1.29 is 19.0 Å². The summed E-state index contributed by atoms with van der Waals surface area (Å²) in [5, 5.41) is 3.07. The Balaban J connectivity index is 1.38. The largest absolute Gasteiger partial charge is 0.488 e. The number of carbonyl (C=O) groups is 1. The highest BCUT2D eigenvalue weighted by Gasteiger charge is 2.19. The van der Waals surface area contributed by atoms with E-state index in [1.165, 1.54) is 5.56 Å². The molecule has 0 unspecified atom stereocenters. The lowest BCUT2D eigenvalue weighted by Gasteiger charge is -2.26. The highest BCUT2D eigenvalue weighted by molar-refractivity contribution is 6.06. The van der Waals surface area contributed by atoms with Crippen molar-refractivity contribution in [3.05, 3.63) is 137 Å². The number of hydrogen-bond donors (Lipinski definition) is 1. The van der Waals surface area contributed by atoms with Crippen LogP contribution in [0.4, 0.5) is 5.69 Å². The minimum absolute atomic E-state index is 0.239. The number of nitrogens with one attached hydrogen (secondary N) is 1. The molecule has 4 aromatic carbocycles. The molecule has 0 saturated carbocycles. The molecule has 1 heterocycles. The van der Waals surface area contributed by atoms with Crippen LogP contribution in [0.15, 0.2) is 109 Å². The summed E-state index contributed by atoms with van der Waals surface area (Å²) in [6.45, 7) is 11.1. The first-order valence-corrected chi connectivity index (χ1v) is 14.4. The van der Waals surface area contributed by atoms with Gasteiger partial charge in [0.25, 0.3) is 5.91 Å². The average molecular weight is 563 g/mol. The van der Waals surface area contributed by atoms with Gasteiger partial charge in [0, 0.05) is 31.4 Å². The van der Waals surface area contributed by atoms with E-state index in [1.807, 2.05) is 91.9 Å². The summed E-state index contributed by atoms with van der Waals surface area (Å²) >= 11 is 0. The smallest absolute Gasteiger partial charge is 0.259 e. The number of ether oxygens (including phenoxy) is 3. The maximum Gasteiger partial charge on any atom is 0.259 e. The number of benzene rings is 4. The van der Waals surface area contributed by atoms with Crippen molar-refractivity contribution >= 4 is 11.6 Å². The molecule has 0 radical (unpaired) electrons. The van der Waals surface area contributed by atoms with E-state index in [0.717, 1.165) is 60.8 Å². The molecule has 1 N–H and O–H groups in total. The van der Waals surface area contributed by atoms with Crippen LogP contribution in [-0.2, 0) is 30.9 Å². The molecule has 42 heavy (non-hydrogen) atoms. The van der Waals surface area contributed by atoms with Gasteiger partial charge in [-0.05, 0) is 53.8 Å². The second-order valence-electron chi connectivity index (χ2n) is 10.7. The third kappa shape index (κ3) is 8.32. The van der Waals surface area contributed by atoms with Gasteiger partial charge in [0.2, 0.25) is 0 Å². The van der Waals surface area contributed by atoms with E-state index in [-0.39, 0.29) is 5.91 Å². The van der Waals surface area contributed by atoms with Crippen LogP contribution in [0.5, 0.6) is 11.5 Å². The number of rotatable bonds is 12. The summed E-state index contributed by atoms with van der Waals surface area (Å²) < 4.78 is 18.0. The molecule has 4 aromatic rings. The third-order valence-corrected chi connectivity index (χ3v) is 7.10. The maximum absolute atomic E-state index is 13.7. The fraction of sp³-hybridized carbons (Fsp3) is 0.250. The summed E-state index contributed by atoms with van der Waals surface area (Å²) in [4.78, 5) is 16.1. The van der Waals surface area contributed by atoms with Crippen LogP contribution in [0.1, 0.15) is 39.5 Å². The fourth-order valence-electron chi connectivity index (χ4n) is 4.88. The molecule has 0 atom stereocenters. The van der Waals surface area contributed by atoms with Crippen LogP contribution in [-0.4, -0.2) is 37.1 Å². The van der Waals surface area contributed by atoms with Crippen LogP contribution in [0, 0.1) is 0 Å². The fourth-order valence-corrected chi connectivity index (χ4v) is 4.88. The summed E-state index contributed by atoms with van der Waals surface area (Å²) in [7, 11) is 0. The Bertz CT molecular complexity index is 1460. The number of allylic oxidation sites excluding steroid dienone is 1. The van der Waals surface area contributed by atoms with E-state index in [4.69, 9.17) is 14.2 Å². The van der Waals surface area contributed by atoms with Gasteiger partial charge in [-0.3, -0.25) is 9.69 Å². The predicted molar refractivity (Wildman–Crippen MR) is 167 cm³/mol. The molecule has 0 bridgehead atoms. The molecule has 1 amide bonds. The van der Waals surface area contributed by atoms with Crippen molar-refractivity contribution in [3.63, 3.8) is 0 Å². The van der Waals surface area contributed by atoms with Crippen molar-refractivity contribution in [2.45, 2.75) is 33.1 Å². The van der Waals surface area contributed by atoms with Crippen LogP contribution in [0.25, 0.3) is 0 Å². The topological polar surface area (TPSA) is 60.0 Å². The monoisotopic (exact) mass is 562 g/mol. The van der Waals surface area contributed by atoms with Gasteiger partial charge >= 0.3 is 0 Å². The summed E-state index contributed by atoms with van der Waals surface area (Å²) in [5.74, 6) is 0.902. The lowest BCUT2D eigenvalue weighted by molar-refractivity contribution is 0.0342. The number of nitrogens with zero attached hydrogens (tertiary/aromatic N) is 1. The molecule has 1 fully saturated rings. The number of amides is 1. The van der Waals surface area contributed by atoms with E-state index in [9.17, 15) is 4.79 Å². The van der Waals surface area contributed by atoms with E-state index in [2.05, 4.69) is 28.9 Å². The normalized spacial score (nSPS) is 13.4. The number of hydrogen-bond acceptors (Lipinski definition) is 5. The van der Waals surface area contributed by atoms with Crippen molar-refractivity contribution in [3.8, 4) is 11.5 Å². The summed E-state index contributed by atoms with van der Waals surface area (Å²) in [6, 6.07) is 31.7. The van der Waals surface area contributed by atoms with E-state index in [1.54, 1.807) is 0 Å². The molecular formula is C36H38N2O4. The Morgan fingerprint density at radius 1 is 0.810 bits per heavy atom. The zero-order chi connectivity index (χ0) is 29.1. The van der Waals surface area contributed by atoms with Crippen LogP contribution in [0.2, 0.25) is 0 Å². The number of anilines is 1. The lowest BCUT2D eigenvalue weighted by atomic mass is 10.0. The minimum Gasteiger partial charge on any atom is -0.488 e. The van der Waals surface area contributed by atoms with Crippen molar-refractivity contribution in [1.82, 2.24) is 4.90 Å². The molecule has 1 aliphatic heterocycles. The first kappa shape index (κ1) is 29.1. The highest BCUT2D eigenvalue weighted by atomic mass is 16.5. The highest BCUT2D eigenvalue weighted by Crippen LogP contribution is 2.33. The second-order valence-corrected chi connectivity index (χ2v) is 10.7. The molecule has 1 aliphatic rings. The van der Waals surface area contributed by atoms with Gasteiger partial charge in [-0.2, -0.15) is 0 Å². The van der Waals surface area contributed by atoms with Gasteiger partial charge in [-0.1, -0.05) is 84.9 Å². The first-order chi connectivity index (χ1) is 20.5. The standard InChI is InChI=1S/C36H38N2O4/c1-27(2)21-31-22-33(36(39)37-32-15-13-28(14-16-32)24-38-17-19-40-20-18-38)35(42-26-30-11-7-4-8-12-30)23-34(31)41-25-29-9-5-3-6-10-29/h3-16,22-23H,1,17-21,24-26H2,2H3,(H,37,39). The van der Waals surface area contributed by atoms with Crippen LogP contribution < -0.4 is 14.8 Å².